The topological polar surface area (TPSA) is 21.3 Å². The van der Waals surface area contributed by atoms with Gasteiger partial charge in [-0.2, -0.15) is 0 Å². The molecule has 2 rings (SSSR count). The zero-order chi connectivity index (χ0) is 8.86. The van der Waals surface area contributed by atoms with E-state index in [1.54, 1.807) is 0 Å². The van der Waals surface area contributed by atoms with E-state index in [4.69, 9.17) is 4.74 Å². The summed E-state index contributed by atoms with van der Waals surface area (Å²) in [5.41, 5.74) is 0.139. The van der Waals surface area contributed by atoms with Crippen molar-refractivity contribution in [3.8, 4) is 0 Å². The Morgan fingerprint density at radius 1 is 1.25 bits per heavy atom. The lowest BCUT2D eigenvalue weighted by Crippen LogP contribution is -2.38. The lowest BCUT2D eigenvalue weighted by Gasteiger charge is -2.21. The summed E-state index contributed by atoms with van der Waals surface area (Å²) in [5.74, 6) is 0. The highest BCUT2D eigenvalue weighted by molar-refractivity contribution is 4.87. The van der Waals surface area contributed by atoms with Crippen LogP contribution in [0.5, 0.6) is 0 Å². The molecule has 72 valence electrons. The highest BCUT2D eigenvalue weighted by Gasteiger charge is 2.37. The molecule has 0 saturated carbocycles. The molecule has 2 heterocycles. The van der Waals surface area contributed by atoms with Gasteiger partial charge in [-0.1, -0.05) is 20.3 Å². The molecule has 2 aliphatic heterocycles. The van der Waals surface area contributed by atoms with Gasteiger partial charge in [-0.05, 0) is 32.2 Å². The Balaban J connectivity index is 0.000000213. The Labute approximate surface area is 75.7 Å². The summed E-state index contributed by atoms with van der Waals surface area (Å²) in [6.07, 6.45) is 6.24. The predicted octanol–water partition coefficient (Wildman–Crippen LogP) is 2.29. The van der Waals surface area contributed by atoms with Crippen molar-refractivity contribution in [2.24, 2.45) is 0 Å². The molecule has 0 aromatic rings. The molecule has 0 bridgehead atoms. The lowest BCUT2D eigenvalue weighted by atomic mass is 10.1. The summed E-state index contributed by atoms with van der Waals surface area (Å²) in [4.78, 5) is 0. The van der Waals surface area contributed by atoms with Gasteiger partial charge in [-0.3, -0.25) is 5.32 Å². The van der Waals surface area contributed by atoms with E-state index in [2.05, 4.69) is 19.2 Å². The van der Waals surface area contributed by atoms with E-state index in [1.807, 2.05) is 0 Å². The number of hydrogen-bond acceptors (Lipinski definition) is 2. The largest absolute Gasteiger partial charge is 0.361 e. The van der Waals surface area contributed by atoms with E-state index in [9.17, 15) is 0 Å². The van der Waals surface area contributed by atoms with Crippen molar-refractivity contribution < 1.29 is 4.74 Å². The number of rotatable bonds is 0. The normalized spacial score (nSPS) is 33.5. The molecule has 2 fully saturated rings. The van der Waals surface area contributed by atoms with E-state index < -0.39 is 0 Å². The van der Waals surface area contributed by atoms with E-state index in [1.165, 1.54) is 32.1 Å². The van der Waals surface area contributed by atoms with Gasteiger partial charge in [0.2, 0.25) is 0 Å². The van der Waals surface area contributed by atoms with Crippen LogP contribution in [-0.2, 0) is 4.74 Å². The fourth-order valence-corrected chi connectivity index (χ4v) is 1.81. The zero-order valence-corrected chi connectivity index (χ0v) is 8.36. The average Bonchev–Trinajstić information content (AvgIpc) is 2.66. The first-order chi connectivity index (χ1) is 5.83. The first-order valence-corrected chi connectivity index (χ1v) is 5.22. The fraction of sp³-hybridized carbons (Fsp3) is 1.00. The van der Waals surface area contributed by atoms with Crippen LogP contribution in [0.15, 0.2) is 0 Å². The van der Waals surface area contributed by atoms with E-state index in [-0.39, 0.29) is 5.72 Å². The van der Waals surface area contributed by atoms with Crippen LogP contribution in [0.1, 0.15) is 46.0 Å². The number of ether oxygens (including phenoxy) is 1. The smallest absolute Gasteiger partial charge is 0.119 e. The molecular weight excluding hydrogens is 150 g/mol. The monoisotopic (exact) mass is 171 g/mol. The van der Waals surface area contributed by atoms with Gasteiger partial charge in [0.25, 0.3) is 0 Å². The summed E-state index contributed by atoms with van der Waals surface area (Å²) in [5, 5.41) is 3.41. The second-order valence-corrected chi connectivity index (χ2v) is 3.68. The molecule has 0 aliphatic carbocycles. The summed E-state index contributed by atoms with van der Waals surface area (Å²) < 4.78 is 5.59. The molecule has 1 unspecified atom stereocenters. The summed E-state index contributed by atoms with van der Waals surface area (Å²) in [7, 11) is 0. The maximum atomic E-state index is 5.59. The molecule has 1 N–H and O–H groups in total. The molecule has 0 radical (unpaired) electrons. The average molecular weight is 171 g/mol. The van der Waals surface area contributed by atoms with Crippen molar-refractivity contribution in [3.05, 3.63) is 0 Å². The standard InChI is InChI=1S/C7H13NO.C3H8/c1-3-7(8-5-1)4-2-6-9-7;1-3-2/h8H,1-6H2;3H2,1-2H3. The highest BCUT2D eigenvalue weighted by Crippen LogP contribution is 2.30. The van der Waals surface area contributed by atoms with Crippen molar-refractivity contribution in [3.63, 3.8) is 0 Å². The van der Waals surface area contributed by atoms with Crippen LogP contribution in [0.4, 0.5) is 0 Å². The molecular formula is C10H21NO. The Kier molecular flexibility index (Phi) is 4.02. The van der Waals surface area contributed by atoms with Gasteiger partial charge in [-0.25, -0.2) is 0 Å². The van der Waals surface area contributed by atoms with Crippen LogP contribution in [0.3, 0.4) is 0 Å². The molecule has 2 nitrogen and oxygen atoms in total. The Morgan fingerprint density at radius 3 is 2.33 bits per heavy atom. The van der Waals surface area contributed by atoms with Crippen LogP contribution in [0.25, 0.3) is 0 Å². The Bertz CT molecular complexity index is 95.5. The van der Waals surface area contributed by atoms with Crippen LogP contribution < -0.4 is 5.32 Å². The van der Waals surface area contributed by atoms with Gasteiger partial charge >= 0.3 is 0 Å². The van der Waals surface area contributed by atoms with E-state index in [0.29, 0.717) is 0 Å². The van der Waals surface area contributed by atoms with Crippen LogP contribution in [0, 0.1) is 0 Å². The van der Waals surface area contributed by atoms with Gasteiger partial charge < -0.3 is 4.74 Å². The predicted molar refractivity (Wildman–Crippen MR) is 51.1 cm³/mol. The molecule has 12 heavy (non-hydrogen) atoms. The minimum atomic E-state index is 0.139. The quantitative estimate of drug-likeness (QED) is 0.604. The molecule has 0 aromatic heterocycles. The minimum Gasteiger partial charge on any atom is -0.361 e. The second-order valence-electron chi connectivity index (χ2n) is 3.68. The minimum absolute atomic E-state index is 0.139. The van der Waals surface area contributed by atoms with Crippen molar-refractivity contribution in [2.45, 2.75) is 51.7 Å². The van der Waals surface area contributed by atoms with Crippen LogP contribution >= 0.6 is 0 Å². The van der Waals surface area contributed by atoms with Crippen LogP contribution in [-0.4, -0.2) is 18.9 Å². The molecule has 0 aromatic carbocycles. The van der Waals surface area contributed by atoms with Crippen LogP contribution in [0.2, 0.25) is 0 Å². The molecule has 2 aliphatic rings. The van der Waals surface area contributed by atoms with E-state index >= 15 is 0 Å². The van der Waals surface area contributed by atoms with Crippen molar-refractivity contribution in [1.82, 2.24) is 5.32 Å². The summed E-state index contributed by atoms with van der Waals surface area (Å²) in [6, 6.07) is 0. The SMILES string of the molecule is C1CNC2(C1)CCCO2.CCC. The van der Waals surface area contributed by atoms with Crippen molar-refractivity contribution >= 4 is 0 Å². The summed E-state index contributed by atoms with van der Waals surface area (Å²) in [6.45, 7) is 6.37. The van der Waals surface area contributed by atoms with Gasteiger partial charge in [-0.15, -0.1) is 0 Å². The molecule has 2 saturated heterocycles. The third kappa shape index (κ3) is 2.46. The zero-order valence-electron chi connectivity index (χ0n) is 8.36. The molecule has 0 amide bonds. The first-order valence-electron chi connectivity index (χ1n) is 5.22. The van der Waals surface area contributed by atoms with Crippen molar-refractivity contribution in [1.29, 1.82) is 0 Å². The van der Waals surface area contributed by atoms with E-state index in [0.717, 1.165) is 13.2 Å². The molecule has 2 heteroatoms. The van der Waals surface area contributed by atoms with Crippen molar-refractivity contribution in [2.75, 3.05) is 13.2 Å². The van der Waals surface area contributed by atoms with Gasteiger partial charge in [0.1, 0.15) is 5.72 Å². The summed E-state index contributed by atoms with van der Waals surface area (Å²) >= 11 is 0. The maximum absolute atomic E-state index is 5.59. The Hall–Kier alpha value is -0.0800. The number of hydrogen-bond donors (Lipinski definition) is 1. The number of nitrogens with one attached hydrogen (secondary N) is 1. The maximum Gasteiger partial charge on any atom is 0.119 e. The van der Waals surface area contributed by atoms with Gasteiger partial charge in [0.15, 0.2) is 0 Å². The third-order valence-electron chi connectivity index (χ3n) is 2.31. The first kappa shape index (κ1) is 10.0. The highest BCUT2D eigenvalue weighted by atomic mass is 16.5. The fourth-order valence-electron chi connectivity index (χ4n) is 1.81. The third-order valence-corrected chi connectivity index (χ3v) is 2.31. The lowest BCUT2D eigenvalue weighted by molar-refractivity contribution is -0.00825. The van der Waals surface area contributed by atoms with Gasteiger partial charge in [0, 0.05) is 6.61 Å². The molecule has 1 spiro atoms. The second kappa shape index (κ2) is 4.83. The Morgan fingerprint density at radius 2 is 1.92 bits per heavy atom. The van der Waals surface area contributed by atoms with Gasteiger partial charge in [0.05, 0.1) is 0 Å². The molecule has 1 atom stereocenters.